The van der Waals surface area contributed by atoms with Crippen molar-refractivity contribution in [3.8, 4) is 5.75 Å². The predicted molar refractivity (Wildman–Crippen MR) is 47.7 cm³/mol. The Hall–Kier alpha value is -1.26. The Labute approximate surface area is 79.6 Å². The average Bonchev–Trinajstić information content (AvgIpc) is 2.08. The second-order valence-corrected chi connectivity index (χ2v) is 2.93. The highest BCUT2D eigenvalue weighted by Gasteiger charge is 2.14. The van der Waals surface area contributed by atoms with Gasteiger partial charge >= 0.3 is 5.97 Å². The average molecular weight is 202 g/mol. The lowest BCUT2D eigenvalue weighted by atomic mass is 10.1. The topological polar surface area (TPSA) is 83.6 Å². The van der Waals surface area contributed by atoms with Crippen LogP contribution in [0.25, 0.3) is 0 Å². The van der Waals surface area contributed by atoms with Gasteiger partial charge in [0.15, 0.2) is 0 Å². The van der Waals surface area contributed by atoms with Crippen molar-refractivity contribution >= 4 is 17.6 Å². The van der Waals surface area contributed by atoms with Crippen molar-refractivity contribution in [1.82, 2.24) is 0 Å². The SMILES string of the molecule is N[C@@H](C(=O)O)c1ccc(Cl)c(O)c1. The van der Waals surface area contributed by atoms with Gasteiger partial charge in [0.1, 0.15) is 11.8 Å². The van der Waals surface area contributed by atoms with E-state index in [9.17, 15) is 4.79 Å². The molecule has 0 aliphatic rings. The largest absolute Gasteiger partial charge is 0.506 e. The number of aromatic hydroxyl groups is 1. The van der Waals surface area contributed by atoms with Gasteiger partial charge < -0.3 is 15.9 Å². The maximum Gasteiger partial charge on any atom is 0.325 e. The van der Waals surface area contributed by atoms with Crippen LogP contribution in [0, 0.1) is 0 Å². The highest BCUT2D eigenvalue weighted by atomic mass is 35.5. The number of nitrogens with two attached hydrogens (primary N) is 1. The van der Waals surface area contributed by atoms with E-state index in [2.05, 4.69) is 0 Å². The lowest BCUT2D eigenvalue weighted by Gasteiger charge is -2.07. The molecule has 0 spiro atoms. The molecule has 13 heavy (non-hydrogen) atoms. The summed E-state index contributed by atoms with van der Waals surface area (Å²) in [6, 6.07) is 2.96. The Morgan fingerprint density at radius 2 is 2.15 bits per heavy atom. The van der Waals surface area contributed by atoms with Crippen molar-refractivity contribution in [1.29, 1.82) is 0 Å². The second-order valence-electron chi connectivity index (χ2n) is 2.53. The minimum atomic E-state index is -1.15. The van der Waals surface area contributed by atoms with Crippen LogP contribution in [0.15, 0.2) is 18.2 Å². The summed E-state index contributed by atoms with van der Waals surface area (Å²) in [4.78, 5) is 10.5. The Bertz CT molecular complexity index is 340. The molecule has 0 aliphatic heterocycles. The number of halogens is 1. The smallest absolute Gasteiger partial charge is 0.325 e. The Balaban J connectivity index is 3.03. The summed E-state index contributed by atoms with van der Waals surface area (Å²) in [6.45, 7) is 0. The van der Waals surface area contributed by atoms with E-state index >= 15 is 0 Å². The summed E-state index contributed by atoms with van der Waals surface area (Å²) in [6.07, 6.45) is 0. The third kappa shape index (κ3) is 2.11. The van der Waals surface area contributed by atoms with Gasteiger partial charge in [-0.3, -0.25) is 4.79 Å². The van der Waals surface area contributed by atoms with Crippen LogP contribution in [0.5, 0.6) is 5.75 Å². The van der Waals surface area contributed by atoms with E-state index in [4.69, 9.17) is 27.5 Å². The van der Waals surface area contributed by atoms with Crippen LogP contribution >= 0.6 is 11.6 Å². The Morgan fingerprint density at radius 3 is 2.62 bits per heavy atom. The number of hydrogen-bond acceptors (Lipinski definition) is 3. The van der Waals surface area contributed by atoms with Crippen molar-refractivity contribution in [2.75, 3.05) is 0 Å². The zero-order chi connectivity index (χ0) is 10.0. The maximum absolute atomic E-state index is 10.5. The molecule has 5 heteroatoms. The minimum absolute atomic E-state index is 0.168. The van der Waals surface area contributed by atoms with Crippen molar-refractivity contribution in [2.24, 2.45) is 5.73 Å². The fourth-order valence-electron chi connectivity index (χ4n) is 0.866. The molecule has 0 heterocycles. The summed E-state index contributed by atoms with van der Waals surface area (Å²) >= 11 is 5.53. The van der Waals surface area contributed by atoms with E-state index in [0.717, 1.165) is 0 Å². The molecule has 4 nitrogen and oxygen atoms in total. The molecule has 0 unspecified atom stereocenters. The van der Waals surface area contributed by atoms with Gasteiger partial charge in [0.05, 0.1) is 5.02 Å². The van der Waals surface area contributed by atoms with Crippen molar-refractivity contribution in [2.45, 2.75) is 6.04 Å². The normalized spacial score (nSPS) is 12.5. The van der Waals surface area contributed by atoms with Crippen LogP contribution < -0.4 is 5.73 Å². The summed E-state index contributed by atoms with van der Waals surface area (Å²) in [5, 5.41) is 17.9. The van der Waals surface area contributed by atoms with Crippen LogP contribution in [-0.2, 0) is 4.79 Å². The Kier molecular flexibility index (Phi) is 2.75. The minimum Gasteiger partial charge on any atom is -0.506 e. The van der Waals surface area contributed by atoms with E-state index in [1.165, 1.54) is 18.2 Å². The first-order valence-electron chi connectivity index (χ1n) is 3.49. The molecule has 0 fully saturated rings. The molecule has 4 N–H and O–H groups in total. The van der Waals surface area contributed by atoms with Gasteiger partial charge in [-0.2, -0.15) is 0 Å². The molecule has 1 aromatic rings. The first-order valence-corrected chi connectivity index (χ1v) is 3.87. The molecule has 0 aromatic heterocycles. The zero-order valence-corrected chi connectivity index (χ0v) is 7.32. The zero-order valence-electron chi connectivity index (χ0n) is 6.57. The monoisotopic (exact) mass is 201 g/mol. The van der Waals surface area contributed by atoms with Gasteiger partial charge in [-0.25, -0.2) is 0 Å². The van der Waals surface area contributed by atoms with E-state index in [0.29, 0.717) is 5.56 Å². The highest BCUT2D eigenvalue weighted by Crippen LogP contribution is 2.25. The standard InChI is InChI=1S/C8H8ClNO3/c9-5-2-1-4(3-6(5)11)7(10)8(12)13/h1-3,7,11H,10H2,(H,12,13)/t7-/m1/s1. The van der Waals surface area contributed by atoms with Crippen LogP contribution in [0.1, 0.15) is 11.6 Å². The molecule has 0 radical (unpaired) electrons. The van der Waals surface area contributed by atoms with Gasteiger partial charge in [-0.05, 0) is 17.7 Å². The highest BCUT2D eigenvalue weighted by molar-refractivity contribution is 6.32. The fraction of sp³-hybridized carbons (Fsp3) is 0.125. The number of benzene rings is 1. The van der Waals surface area contributed by atoms with Crippen molar-refractivity contribution in [3.05, 3.63) is 28.8 Å². The number of carbonyl (C=O) groups is 1. The van der Waals surface area contributed by atoms with Crippen LogP contribution in [0.3, 0.4) is 0 Å². The molecule has 1 rings (SSSR count). The number of phenolic OH excluding ortho intramolecular Hbond substituents is 1. The molecule has 0 saturated carbocycles. The maximum atomic E-state index is 10.5. The molecule has 0 bridgehead atoms. The Morgan fingerprint density at radius 1 is 1.54 bits per heavy atom. The molecule has 70 valence electrons. The van der Waals surface area contributed by atoms with Gasteiger partial charge in [0.25, 0.3) is 0 Å². The molecule has 0 saturated heterocycles. The quantitative estimate of drug-likeness (QED) is 0.670. The van der Waals surface area contributed by atoms with Crippen LogP contribution in [0.4, 0.5) is 0 Å². The molecular formula is C8H8ClNO3. The lowest BCUT2D eigenvalue weighted by molar-refractivity contribution is -0.138. The van der Waals surface area contributed by atoms with E-state index < -0.39 is 12.0 Å². The van der Waals surface area contributed by atoms with E-state index in [1.54, 1.807) is 0 Å². The third-order valence-corrected chi connectivity index (χ3v) is 1.91. The van der Waals surface area contributed by atoms with E-state index in [-0.39, 0.29) is 10.8 Å². The number of carboxylic acid groups (broad SMARTS) is 1. The summed E-state index contributed by atoms with van der Waals surface area (Å²) < 4.78 is 0. The van der Waals surface area contributed by atoms with Crippen molar-refractivity contribution in [3.63, 3.8) is 0 Å². The van der Waals surface area contributed by atoms with E-state index in [1.807, 2.05) is 0 Å². The number of hydrogen-bond donors (Lipinski definition) is 3. The fourth-order valence-corrected chi connectivity index (χ4v) is 0.983. The first-order chi connectivity index (χ1) is 6.02. The van der Waals surface area contributed by atoms with Crippen LogP contribution in [-0.4, -0.2) is 16.2 Å². The van der Waals surface area contributed by atoms with Gasteiger partial charge in [0.2, 0.25) is 0 Å². The predicted octanol–water partition coefficient (Wildman–Crippen LogP) is 1.13. The number of rotatable bonds is 2. The van der Waals surface area contributed by atoms with Crippen LogP contribution in [0.2, 0.25) is 5.02 Å². The van der Waals surface area contributed by atoms with Crippen molar-refractivity contribution < 1.29 is 15.0 Å². The molecule has 0 amide bonds. The summed E-state index contributed by atoms with van der Waals surface area (Å²) in [5.74, 6) is -1.32. The third-order valence-electron chi connectivity index (χ3n) is 1.60. The molecule has 0 aliphatic carbocycles. The van der Waals surface area contributed by atoms with Gasteiger partial charge in [0, 0.05) is 0 Å². The lowest BCUT2D eigenvalue weighted by Crippen LogP contribution is -2.20. The number of carboxylic acids is 1. The number of aliphatic carboxylic acids is 1. The molecular weight excluding hydrogens is 194 g/mol. The van der Waals surface area contributed by atoms with Gasteiger partial charge in [-0.15, -0.1) is 0 Å². The first kappa shape index (κ1) is 9.83. The molecule has 1 atom stereocenters. The second kappa shape index (κ2) is 3.64. The molecule has 1 aromatic carbocycles. The summed E-state index contributed by atoms with van der Waals surface area (Å²) in [5.41, 5.74) is 5.62. The summed E-state index contributed by atoms with van der Waals surface area (Å²) in [7, 11) is 0. The van der Waals surface area contributed by atoms with Gasteiger partial charge in [-0.1, -0.05) is 17.7 Å². The number of phenols is 1.